The van der Waals surface area contributed by atoms with E-state index in [0.29, 0.717) is 23.6 Å². The molecule has 1 aliphatic rings. The summed E-state index contributed by atoms with van der Waals surface area (Å²) in [4.78, 5) is 10.8. The minimum absolute atomic E-state index is 0.0216. The van der Waals surface area contributed by atoms with Gasteiger partial charge in [0.25, 0.3) is 0 Å². The normalized spacial score (nSPS) is 15.0. The standard InChI is InChI=1S/C18H24FN5O2S/c1-2-11-27(25,26)24(14-15-3-5-16(19)6-4-15)17-12-21-18(22-13-17)23-9-7-20-8-10-23/h3-6,12-13,20H,2,7-11,14H2,1H3. The maximum atomic E-state index is 13.2. The molecule has 2 aromatic rings. The Kier molecular flexibility index (Phi) is 6.22. The molecule has 0 bridgehead atoms. The summed E-state index contributed by atoms with van der Waals surface area (Å²) in [5.74, 6) is 0.258. The van der Waals surface area contributed by atoms with Gasteiger partial charge in [-0.1, -0.05) is 19.1 Å². The topological polar surface area (TPSA) is 78.4 Å². The first-order chi connectivity index (χ1) is 13.0. The number of sulfonamides is 1. The molecule has 7 nitrogen and oxygen atoms in total. The number of rotatable bonds is 7. The number of anilines is 2. The summed E-state index contributed by atoms with van der Waals surface area (Å²) in [7, 11) is -3.54. The van der Waals surface area contributed by atoms with Gasteiger partial charge in [-0.2, -0.15) is 0 Å². The molecule has 27 heavy (non-hydrogen) atoms. The smallest absolute Gasteiger partial charge is 0.235 e. The molecule has 1 aromatic heterocycles. The van der Waals surface area contributed by atoms with E-state index < -0.39 is 10.0 Å². The van der Waals surface area contributed by atoms with Gasteiger partial charge in [0.15, 0.2) is 0 Å². The first-order valence-electron chi connectivity index (χ1n) is 9.02. The van der Waals surface area contributed by atoms with Crippen LogP contribution >= 0.6 is 0 Å². The fourth-order valence-corrected chi connectivity index (χ4v) is 4.44. The van der Waals surface area contributed by atoms with Crippen molar-refractivity contribution in [1.82, 2.24) is 15.3 Å². The van der Waals surface area contributed by atoms with Crippen LogP contribution < -0.4 is 14.5 Å². The molecular formula is C18H24FN5O2S. The predicted octanol–water partition coefficient (Wildman–Crippen LogP) is 1.77. The van der Waals surface area contributed by atoms with Gasteiger partial charge in [0, 0.05) is 26.2 Å². The summed E-state index contributed by atoms with van der Waals surface area (Å²) in [6, 6.07) is 5.81. The van der Waals surface area contributed by atoms with E-state index >= 15 is 0 Å². The number of nitrogens with one attached hydrogen (secondary N) is 1. The van der Waals surface area contributed by atoms with Crippen molar-refractivity contribution in [3.8, 4) is 0 Å². The number of nitrogens with zero attached hydrogens (tertiary/aromatic N) is 4. The molecular weight excluding hydrogens is 369 g/mol. The van der Waals surface area contributed by atoms with Crippen molar-refractivity contribution in [2.75, 3.05) is 41.1 Å². The lowest BCUT2D eigenvalue weighted by molar-refractivity contribution is 0.579. The van der Waals surface area contributed by atoms with Gasteiger partial charge in [0.2, 0.25) is 16.0 Å². The first kappa shape index (κ1) is 19.5. The van der Waals surface area contributed by atoms with E-state index in [-0.39, 0.29) is 18.1 Å². The minimum Gasteiger partial charge on any atom is -0.338 e. The molecule has 1 fully saturated rings. The molecule has 1 aliphatic heterocycles. The summed E-state index contributed by atoms with van der Waals surface area (Å²) in [5.41, 5.74) is 1.11. The van der Waals surface area contributed by atoms with Crippen molar-refractivity contribution >= 4 is 21.7 Å². The van der Waals surface area contributed by atoms with Crippen LogP contribution in [0, 0.1) is 5.82 Å². The lowest BCUT2D eigenvalue weighted by Crippen LogP contribution is -2.44. The highest BCUT2D eigenvalue weighted by atomic mass is 32.2. The number of benzene rings is 1. The van der Waals surface area contributed by atoms with Gasteiger partial charge in [0.1, 0.15) is 5.82 Å². The van der Waals surface area contributed by atoms with Crippen molar-refractivity contribution in [1.29, 1.82) is 0 Å². The molecule has 0 amide bonds. The van der Waals surface area contributed by atoms with Gasteiger partial charge in [0.05, 0.1) is 30.4 Å². The van der Waals surface area contributed by atoms with Crippen molar-refractivity contribution in [2.45, 2.75) is 19.9 Å². The summed E-state index contributed by atoms with van der Waals surface area (Å²) in [5, 5.41) is 3.27. The second-order valence-corrected chi connectivity index (χ2v) is 8.44. The van der Waals surface area contributed by atoms with Gasteiger partial charge in [-0.3, -0.25) is 4.31 Å². The zero-order valence-electron chi connectivity index (χ0n) is 15.3. The number of piperazine rings is 1. The number of hydrogen-bond donors (Lipinski definition) is 1. The summed E-state index contributed by atoms with van der Waals surface area (Å²) in [6.07, 6.45) is 3.59. The maximum Gasteiger partial charge on any atom is 0.235 e. The van der Waals surface area contributed by atoms with Crippen LogP contribution in [0.1, 0.15) is 18.9 Å². The highest BCUT2D eigenvalue weighted by molar-refractivity contribution is 7.92. The molecule has 0 radical (unpaired) electrons. The predicted molar refractivity (Wildman–Crippen MR) is 104 cm³/mol. The van der Waals surface area contributed by atoms with E-state index in [9.17, 15) is 12.8 Å². The van der Waals surface area contributed by atoms with E-state index in [1.54, 1.807) is 24.5 Å². The molecule has 0 atom stereocenters. The summed E-state index contributed by atoms with van der Waals surface area (Å²) < 4.78 is 40.0. The highest BCUT2D eigenvalue weighted by Gasteiger charge is 2.23. The van der Waals surface area contributed by atoms with Crippen molar-refractivity contribution < 1.29 is 12.8 Å². The molecule has 2 heterocycles. The van der Waals surface area contributed by atoms with Crippen molar-refractivity contribution in [2.24, 2.45) is 0 Å². The fraction of sp³-hybridized carbons (Fsp3) is 0.444. The third-order valence-electron chi connectivity index (χ3n) is 4.35. The van der Waals surface area contributed by atoms with E-state index in [0.717, 1.165) is 26.2 Å². The van der Waals surface area contributed by atoms with Crippen LogP contribution in [0.15, 0.2) is 36.7 Å². The average Bonchev–Trinajstić information content (AvgIpc) is 2.68. The number of aromatic nitrogens is 2. The van der Waals surface area contributed by atoms with Gasteiger partial charge >= 0.3 is 0 Å². The largest absolute Gasteiger partial charge is 0.338 e. The van der Waals surface area contributed by atoms with Gasteiger partial charge < -0.3 is 10.2 Å². The Balaban J connectivity index is 1.86. The number of halogens is 1. The molecule has 3 rings (SSSR count). The number of hydrogen-bond acceptors (Lipinski definition) is 6. The average molecular weight is 393 g/mol. The van der Waals surface area contributed by atoms with E-state index in [4.69, 9.17) is 0 Å². The van der Waals surface area contributed by atoms with Gasteiger partial charge in [-0.25, -0.2) is 22.8 Å². The molecule has 1 N–H and O–H groups in total. The highest BCUT2D eigenvalue weighted by Crippen LogP contribution is 2.22. The molecule has 9 heteroatoms. The second kappa shape index (κ2) is 8.62. The van der Waals surface area contributed by atoms with Gasteiger partial charge in [-0.15, -0.1) is 0 Å². The lowest BCUT2D eigenvalue weighted by atomic mass is 10.2. The zero-order chi connectivity index (χ0) is 19.3. The van der Waals surface area contributed by atoms with Crippen LogP contribution in [0.4, 0.5) is 16.0 Å². The fourth-order valence-electron chi connectivity index (χ4n) is 2.95. The van der Waals surface area contributed by atoms with Crippen molar-refractivity contribution in [3.63, 3.8) is 0 Å². The zero-order valence-corrected chi connectivity index (χ0v) is 16.1. The first-order valence-corrected chi connectivity index (χ1v) is 10.6. The monoisotopic (exact) mass is 393 g/mol. The molecule has 1 aromatic carbocycles. The molecule has 0 aliphatic carbocycles. The van der Waals surface area contributed by atoms with Crippen molar-refractivity contribution in [3.05, 3.63) is 48.0 Å². The van der Waals surface area contributed by atoms with E-state index in [1.165, 1.54) is 16.4 Å². The summed E-state index contributed by atoms with van der Waals surface area (Å²) >= 11 is 0. The quantitative estimate of drug-likeness (QED) is 0.773. The summed E-state index contributed by atoms with van der Waals surface area (Å²) in [6.45, 7) is 5.29. The third-order valence-corrected chi connectivity index (χ3v) is 6.29. The van der Waals surface area contributed by atoms with Gasteiger partial charge in [-0.05, 0) is 24.1 Å². The van der Waals surface area contributed by atoms with Crippen LogP contribution in [0.3, 0.4) is 0 Å². The minimum atomic E-state index is -3.54. The Bertz CT molecular complexity index is 837. The molecule has 0 saturated carbocycles. The molecule has 146 valence electrons. The van der Waals surface area contributed by atoms with E-state index in [2.05, 4.69) is 20.2 Å². The van der Waals surface area contributed by atoms with Crippen LogP contribution in [0.2, 0.25) is 0 Å². The van der Waals surface area contributed by atoms with Crippen LogP contribution in [0.5, 0.6) is 0 Å². The SMILES string of the molecule is CCCS(=O)(=O)N(Cc1ccc(F)cc1)c1cnc(N2CCNCC2)nc1. The Morgan fingerprint density at radius 3 is 2.37 bits per heavy atom. The third kappa shape index (κ3) is 4.92. The maximum absolute atomic E-state index is 13.2. The second-order valence-electron chi connectivity index (χ2n) is 6.43. The Morgan fingerprint density at radius 1 is 1.15 bits per heavy atom. The van der Waals surface area contributed by atoms with Crippen LogP contribution in [0.25, 0.3) is 0 Å². The Morgan fingerprint density at radius 2 is 1.78 bits per heavy atom. The Labute approximate surface area is 159 Å². The molecule has 1 saturated heterocycles. The van der Waals surface area contributed by atoms with Crippen LogP contribution in [-0.2, 0) is 16.6 Å². The Hall–Kier alpha value is -2.26. The molecule has 0 spiro atoms. The van der Waals surface area contributed by atoms with E-state index in [1.807, 2.05) is 6.92 Å². The van der Waals surface area contributed by atoms with Crippen LogP contribution in [-0.4, -0.2) is 50.3 Å². The molecule has 0 unspecified atom stereocenters. The lowest BCUT2D eigenvalue weighted by Gasteiger charge is -2.28.